The number of hydrogen-bond donors (Lipinski definition) is 0. The van der Waals surface area contributed by atoms with Gasteiger partial charge in [-0.3, -0.25) is 9.98 Å². The molecule has 2 nitrogen and oxygen atoms in total. The molecule has 0 aromatic carbocycles. The third-order valence-electron chi connectivity index (χ3n) is 3.90. The molecule has 0 radical (unpaired) electrons. The molecular weight excluding hydrogens is 196 g/mol. The molecule has 3 rings (SSSR count). The van der Waals surface area contributed by atoms with E-state index in [1.807, 2.05) is 6.20 Å². The summed E-state index contributed by atoms with van der Waals surface area (Å²) in [7, 11) is 0. The van der Waals surface area contributed by atoms with E-state index >= 15 is 0 Å². The van der Waals surface area contributed by atoms with Crippen molar-refractivity contribution < 1.29 is 0 Å². The fourth-order valence-corrected chi connectivity index (χ4v) is 3.08. The minimum absolute atomic E-state index is 0.693. The van der Waals surface area contributed by atoms with Crippen LogP contribution in [0.4, 0.5) is 0 Å². The van der Waals surface area contributed by atoms with Crippen LogP contribution in [0, 0.1) is 0 Å². The Morgan fingerprint density at radius 3 is 2.88 bits per heavy atom. The first-order valence-corrected chi connectivity index (χ1v) is 6.35. The minimum Gasteiger partial charge on any atom is -0.289 e. The second-order valence-electron chi connectivity index (χ2n) is 4.93. The summed E-state index contributed by atoms with van der Waals surface area (Å²) in [4.78, 5) is 9.22. The molecule has 0 saturated heterocycles. The van der Waals surface area contributed by atoms with Crippen LogP contribution < -0.4 is 0 Å². The highest BCUT2D eigenvalue weighted by Crippen LogP contribution is 2.36. The average Bonchev–Trinajstić information content (AvgIpc) is 2.82. The molecule has 1 fully saturated rings. The van der Waals surface area contributed by atoms with Gasteiger partial charge in [0.05, 0.1) is 5.69 Å². The van der Waals surface area contributed by atoms with Crippen molar-refractivity contribution in [3.63, 3.8) is 0 Å². The van der Waals surface area contributed by atoms with Crippen molar-refractivity contribution in [1.82, 2.24) is 4.98 Å². The summed E-state index contributed by atoms with van der Waals surface area (Å²) >= 11 is 0. The molecule has 2 heterocycles. The molecule has 0 bridgehead atoms. The second kappa shape index (κ2) is 4.00. The molecule has 1 aromatic heterocycles. The number of fused-ring (bicyclic) bond motifs is 1. The van der Waals surface area contributed by atoms with E-state index in [4.69, 9.17) is 0 Å². The number of rotatable bonds is 1. The highest BCUT2D eigenvalue weighted by molar-refractivity contribution is 6.01. The lowest BCUT2D eigenvalue weighted by Gasteiger charge is -2.20. The summed E-state index contributed by atoms with van der Waals surface area (Å²) < 4.78 is 0. The zero-order valence-electron chi connectivity index (χ0n) is 9.87. The molecule has 1 saturated carbocycles. The molecule has 0 spiro atoms. The van der Waals surface area contributed by atoms with Crippen molar-refractivity contribution in [2.75, 3.05) is 6.54 Å². The van der Waals surface area contributed by atoms with E-state index in [0.717, 1.165) is 13.0 Å². The van der Waals surface area contributed by atoms with Gasteiger partial charge in [0.15, 0.2) is 0 Å². The fraction of sp³-hybridized carbons (Fsp3) is 0.571. The van der Waals surface area contributed by atoms with Crippen LogP contribution in [-0.2, 0) is 6.42 Å². The summed E-state index contributed by atoms with van der Waals surface area (Å²) in [6, 6.07) is 2.17. The van der Waals surface area contributed by atoms with Gasteiger partial charge >= 0.3 is 0 Å². The maximum Gasteiger partial charge on any atom is 0.0527 e. The molecule has 0 atom stereocenters. The van der Waals surface area contributed by atoms with E-state index in [9.17, 15) is 0 Å². The average molecular weight is 214 g/mol. The van der Waals surface area contributed by atoms with E-state index in [1.165, 1.54) is 48.2 Å². The zero-order chi connectivity index (χ0) is 11.0. The number of aliphatic imine (C=N–C) groups is 1. The van der Waals surface area contributed by atoms with E-state index in [0.29, 0.717) is 5.92 Å². The Morgan fingerprint density at radius 2 is 2.06 bits per heavy atom. The van der Waals surface area contributed by atoms with Crippen molar-refractivity contribution in [3.8, 4) is 0 Å². The number of pyridine rings is 1. The van der Waals surface area contributed by atoms with Crippen LogP contribution in [0.1, 0.15) is 55.3 Å². The summed E-state index contributed by atoms with van der Waals surface area (Å²) in [6.45, 7) is 3.09. The zero-order valence-corrected chi connectivity index (χ0v) is 9.87. The third-order valence-corrected chi connectivity index (χ3v) is 3.90. The molecule has 1 aliphatic carbocycles. The van der Waals surface area contributed by atoms with Crippen molar-refractivity contribution in [2.24, 2.45) is 4.99 Å². The van der Waals surface area contributed by atoms with Crippen LogP contribution >= 0.6 is 0 Å². The molecule has 84 valence electrons. The van der Waals surface area contributed by atoms with E-state index in [1.54, 1.807) is 0 Å². The summed E-state index contributed by atoms with van der Waals surface area (Å²) in [6.07, 6.45) is 8.45. The van der Waals surface area contributed by atoms with Gasteiger partial charge in [-0.15, -0.1) is 0 Å². The molecule has 2 heteroatoms. The molecular formula is C14H18N2. The second-order valence-corrected chi connectivity index (χ2v) is 4.93. The van der Waals surface area contributed by atoms with Crippen LogP contribution in [0.25, 0.3) is 0 Å². The minimum atomic E-state index is 0.693. The standard InChI is InChI=1S/C14H18N2/c1-10-13-11(6-8-15-10)7-9-16-14(13)12-4-2-3-5-12/h7,9,12H,2-6,8H2,1H3. The molecule has 0 unspecified atom stereocenters. The lowest BCUT2D eigenvalue weighted by molar-refractivity contribution is 0.691. The summed E-state index contributed by atoms with van der Waals surface area (Å²) in [5, 5.41) is 0. The summed E-state index contributed by atoms with van der Waals surface area (Å²) in [5.74, 6) is 0.693. The first-order valence-electron chi connectivity index (χ1n) is 6.35. The van der Waals surface area contributed by atoms with Gasteiger partial charge in [0, 0.05) is 29.9 Å². The quantitative estimate of drug-likeness (QED) is 0.705. The van der Waals surface area contributed by atoms with Gasteiger partial charge in [-0.2, -0.15) is 0 Å². The highest BCUT2D eigenvalue weighted by atomic mass is 14.8. The Kier molecular flexibility index (Phi) is 2.50. The molecule has 16 heavy (non-hydrogen) atoms. The van der Waals surface area contributed by atoms with Gasteiger partial charge in [-0.05, 0) is 37.8 Å². The van der Waals surface area contributed by atoms with Crippen LogP contribution in [0.5, 0.6) is 0 Å². The van der Waals surface area contributed by atoms with Crippen molar-refractivity contribution >= 4 is 5.71 Å². The Balaban J connectivity index is 2.09. The molecule has 1 aromatic rings. The molecule has 0 amide bonds. The monoisotopic (exact) mass is 214 g/mol. The van der Waals surface area contributed by atoms with Gasteiger partial charge < -0.3 is 0 Å². The largest absolute Gasteiger partial charge is 0.289 e. The molecule has 1 aliphatic heterocycles. The fourth-order valence-electron chi connectivity index (χ4n) is 3.08. The van der Waals surface area contributed by atoms with Crippen LogP contribution in [0.2, 0.25) is 0 Å². The Morgan fingerprint density at radius 1 is 1.25 bits per heavy atom. The highest BCUT2D eigenvalue weighted by Gasteiger charge is 2.24. The van der Waals surface area contributed by atoms with Crippen molar-refractivity contribution in [1.29, 1.82) is 0 Å². The smallest absolute Gasteiger partial charge is 0.0527 e. The number of hydrogen-bond acceptors (Lipinski definition) is 2. The molecule has 0 N–H and O–H groups in total. The first kappa shape index (κ1) is 10.0. The third kappa shape index (κ3) is 1.57. The van der Waals surface area contributed by atoms with E-state index in [2.05, 4.69) is 23.0 Å². The lowest BCUT2D eigenvalue weighted by atomic mass is 9.90. The van der Waals surface area contributed by atoms with Crippen LogP contribution in [0.3, 0.4) is 0 Å². The number of nitrogens with zero attached hydrogens (tertiary/aromatic N) is 2. The lowest BCUT2D eigenvalue weighted by Crippen LogP contribution is -2.15. The normalized spacial score (nSPS) is 20.7. The van der Waals surface area contributed by atoms with Gasteiger partial charge in [0.2, 0.25) is 0 Å². The topological polar surface area (TPSA) is 25.2 Å². The SMILES string of the molecule is CC1=NCCc2ccnc(C3CCCC3)c21. The Bertz CT molecular complexity index is 428. The Labute approximate surface area is 96.8 Å². The predicted octanol–water partition coefficient (Wildman–Crippen LogP) is 3.10. The van der Waals surface area contributed by atoms with Gasteiger partial charge in [-0.25, -0.2) is 0 Å². The van der Waals surface area contributed by atoms with Crippen LogP contribution in [0.15, 0.2) is 17.3 Å². The van der Waals surface area contributed by atoms with Gasteiger partial charge in [0.1, 0.15) is 0 Å². The number of aromatic nitrogens is 1. The van der Waals surface area contributed by atoms with Crippen LogP contribution in [-0.4, -0.2) is 17.2 Å². The summed E-state index contributed by atoms with van der Waals surface area (Å²) in [5.41, 5.74) is 5.37. The van der Waals surface area contributed by atoms with E-state index in [-0.39, 0.29) is 0 Å². The van der Waals surface area contributed by atoms with Crippen molar-refractivity contribution in [2.45, 2.75) is 44.9 Å². The van der Waals surface area contributed by atoms with Gasteiger partial charge in [-0.1, -0.05) is 12.8 Å². The molecule has 2 aliphatic rings. The predicted molar refractivity (Wildman–Crippen MR) is 66.2 cm³/mol. The maximum absolute atomic E-state index is 4.64. The van der Waals surface area contributed by atoms with Gasteiger partial charge in [0.25, 0.3) is 0 Å². The van der Waals surface area contributed by atoms with Crippen molar-refractivity contribution in [3.05, 3.63) is 29.1 Å². The maximum atomic E-state index is 4.64. The Hall–Kier alpha value is -1.18. The first-order chi connectivity index (χ1) is 7.86. The van der Waals surface area contributed by atoms with E-state index < -0.39 is 0 Å².